The highest BCUT2D eigenvalue weighted by Gasteiger charge is 2.46. The smallest absolute Gasteiger partial charge is 0.416 e. The molecule has 0 bridgehead atoms. The van der Waals surface area contributed by atoms with Gasteiger partial charge in [-0.2, -0.15) is 0 Å². The van der Waals surface area contributed by atoms with E-state index in [1.807, 2.05) is 6.92 Å². The van der Waals surface area contributed by atoms with Gasteiger partial charge < -0.3 is 68.3 Å². The minimum absolute atomic E-state index is 0.00808. The van der Waals surface area contributed by atoms with E-state index in [-0.39, 0.29) is 72.4 Å². The summed E-state index contributed by atoms with van der Waals surface area (Å²) in [6, 6.07) is 8.58. The Labute approximate surface area is 401 Å². The minimum atomic E-state index is -1.61. The van der Waals surface area contributed by atoms with Crippen LogP contribution in [0.3, 0.4) is 0 Å². The Kier molecular flexibility index (Phi) is 14.4. The molecule has 4 N–H and O–H groups in total. The van der Waals surface area contributed by atoms with Crippen LogP contribution in [0.25, 0.3) is 0 Å². The van der Waals surface area contributed by atoms with Crippen LogP contribution in [0.1, 0.15) is 85.1 Å². The van der Waals surface area contributed by atoms with E-state index in [2.05, 4.69) is 0 Å². The maximum absolute atomic E-state index is 14.1. The van der Waals surface area contributed by atoms with Crippen molar-refractivity contribution in [2.75, 3.05) is 44.3 Å². The van der Waals surface area contributed by atoms with Crippen LogP contribution in [0, 0.1) is 10.1 Å². The normalized spacial score (nSPS) is 23.7. The van der Waals surface area contributed by atoms with Gasteiger partial charge >= 0.3 is 17.7 Å². The first-order chi connectivity index (χ1) is 33.5. The highest BCUT2D eigenvalue weighted by atomic mass is 16.7. The monoisotopic (exact) mass is 973 g/mol. The van der Waals surface area contributed by atoms with Crippen LogP contribution in [0.15, 0.2) is 66.0 Å². The number of carbonyl (C=O) groups is 4. The highest BCUT2D eigenvalue weighted by Crippen LogP contribution is 2.44. The number of methoxy groups -OCH3 is 2. The molecule has 374 valence electrons. The van der Waals surface area contributed by atoms with Gasteiger partial charge in [-0.3, -0.25) is 19.7 Å². The van der Waals surface area contributed by atoms with Crippen molar-refractivity contribution in [3.05, 3.63) is 92.8 Å². The van der Waals surface area contributed by atoms with Crippen LogP contribution in [0.4, 0.5) is 21.9 Å². The molecule has 5 heterocycles. The average molecular weight is 974 g/mol. The number of amides is 3. The average Bonchev–Trinajstić information content (AvgIpc) is 3.90. The van der Waals surface area contributed by atoms with Crippen molar-refractivity contribution in [1.82, 2.24) is 9.80 Å². The third-order valence-corrected chi connectivity index (χ3v) is 12.9. The van der Waals surface area contributed by atoms with E-state index in [0.29, 0.717) is 48.4 Å². The number of nitro groups is 1. The Bertz CT molecular complexity index is 2620. The summed E-state index contributed by atoms with van der Waals surface area (Å²) in [7, 11) is 4.62. The molecule has 5 aliphatic rings. The number of anilines is 2. The molecule has 7 atom stereocenters. The third-order valence-electron chi connectivity index (χ3n) is 12.9. The summed E-state index contributed by atoms with van der Waals surface area (Å²) in [6.45, 7) is 3.66. The van der Waals surface area contributed by atoms with Crippen molar-refractivity contribution in [3.8, 4) is 28.7 Å². The van der Waals surface area contributed by atoms with Crippen molar-refractivity contribution in [3.63, 3.8) is 0 Å². The second-order valence-electron chi connectivity index (χ2n) is 17.8. The van der Waals surface area contributed by atoms with Crippen LogP contribution >= 0.6 is 0 Å². The fraction of sp³-hybridized carbons (Fsp3) is 0.458. The molecule has 0 aromatic heterocycles. The molecule has 3 aromatic rings. The number of aliphatic hydroxyl groups is 3. The molecule has 5 aliphatic heterocycles. The minimum Gasteiger partial charge on any atom is -0.493 e. The molecular weight excluding hydrogens is 919 g/mol. The van der Waals surface area contributed by atoms with E-state index < -0.39 is 78.2 Å². The number of fused-ring (bicyclic) bond motifs is 4. The van der Waals surface area contributed by atoms with E-state index >= 15 is 0 Å². The largest absolute Gasteiger partial charge is 0.493 e. The van der Waals surface area contributed by atoms with Gasteiger partial charge in [0.15, 0.2) is 41.1 Å². The van der Waals surface area contributed by atoms with Crippen molar-refractivity contribution >= 4 is 40.9 Å². The van der Waals surface area contributed by atoms with Gasteiger partial charge in [0.2, 0.25) is 6.29 Å². The number of aliphatic carboxylic acids is 1. The molecule has 22 nitrogen and oxygen atoms in total. The zero-order valence-electron chi connectivity index (χ0n) is 39.1. The van der Waals surface area contributed by atoms with Crippen molar-refractivity contribution in [2.24, 2.45) is 0 Å². The van der Waals surface area contributed by atoms with Crippen LogP contribution < -0.4 is 33.5 Å². The van der Waals surface area contributed by atoms with Gasteiger partial charge in [-0.25, -0.2) is 14.5 Å². The lowest BCUT2D eigenvalue weighted by Gasteiger charge is -2.31. The SMILES string of the molecule is COc1cc2c(cc1OCCCCCOc1cc3c(cc1OC)C(=O)N1C=C(C)C[C@H]1[C@H](O)N3C(=O)OCc1ccc(O[C@H]3C[C@@H](O)C[C@@H](C(=O)O)O3)c([N+](=O)[O-])c1)N(C)[C@@H](O)[C@@H]1CC(C)=CN1C2=O. The molecule has 0 unspecified atom stereocenters. The first-order valence-corrected chi connectivity index (χ1v) is 22.7. The summed E-state index contributed by atoms with van der Waals surface area (Å²) < 4.78 is 40.2. The highest BCUT2D eigenvalue weighted by molar-refractivity contribution is 6.06. The van der Waals surface area contributed by atoms with Gasteiger partial charge in [0.25, 0.3) is 11.8 Å². The second kappa shape index (κ2) is 20.4. The van der Waals surface area contributed by atoms with Crippen LogP contribution in [-0.4, -0.2) is 137 Å². The van der Waals surface area contributed by atoms with Crippen molar-refractivity contribution < 1.29 is 77.7 Å². The molecule has 1 fully saturated rings. The lowest BCUT2D eigenvalue weighted by atomic mass is 10.1. The number of nitro benzene ring substituents is 1. The third kappa shape index (κ3) is 9.84. The predicted octanol–water partition coefficient (Wildman–Crippen LogP) is 5.05. The quantitative estimate of drug-likeness (QED) is 0.0831. The zero-order valence-corrected chi connectivity index (χ0v) is 39.1. The molecule has 3 aromatic carbocycles. The number of aliphatic hydroxyl groups excluding tert-OH is 3. The van der Waals surface area contributed by atoms with Gasteiger partial charge in [-0.1, -0.05) is 17.2 Å². The summed E-state index contributed by atoms with van der Waals surface area (Å²) in [5.74, 6) is -1.21. The molecule has 0 saturated carbocycles. The molecule has 0 aliphatic carbocycles. The summed E-state index contributed by atoms with van der Waals surface area (Å²) in [5, 5.41) is 54.6. The number of unbranched alkanes of at least 4 members (excludes halogenated alkanes) is 2. The fourth-order valence-corrected chi connectivity index (χ4v) is 9.31. The number of hydrogen-bond acceptors (Lipinski definition) is 17. The number of nitrogens with zero attached hydrogens (tertiary/aromatic N) is 5. The number of rotatable bonds is 16. The van der Waals surface area contributed by atoms with E-state index in [0.717, 1.165) is 22.1 Å². The van der Waals surface area contributed by atoms with Gasteiger partial charge in [0, 0.05) is 50.5 Å². The molecule has 70 heavy (non-hydrogen) atoms. The summed E-state index contributed by atoms with van der Waals surface area (Å²) >= 11 is 0. The number of benzene rings is 3. The second-order valence-corrected chi connectivity index (χ2v) is 17.8. The molecule has 1 saturated heterocycles. The molecule has 0 spiro atoms. The van der Waals surface area contributed by atoms with E-state index in [1.165, 1.54) is 43.4 Å². The fourth-order valence-electron chi connectivity index (χ4n) is 9.31. The number of carbonyl (C=O) groups excluding carboxylic acids is 3. The number of ether oxygens (including phenoxy) is 7. The van der Waals surface area contributed by atoms with Crippen LogP contribution in [0.2, 0.25) is 0 Å². The Morgan fingerprint density at radius 2 is 1.34 bits per heavy atom. The van der Waals surface area contributed by atoms with Crippen molar-refractivity contribution in [1.29, 1.82) is 0 Å². The number of carboxylic acids is 1. The topological polar surface area (TPSA) is 270 Å². The number of hydrogen-bond donors (Lipinski definition) is 4. The van der Waals surface area contributed by atoms with E-state index in [1.54, 1.807) is 48.3 Å². The summed E-state index contributed by atoms with van der Waals surface area (Å²) in [5.41, 5.74) is 2.26. The lowest BCUT2D eigenvalue weighted by Crippen LogP contribution is -2.50. The van der Waals surface area contributed by atoms with Gasteiger partial charge in [0.1, 0.15) is 12.8 Å². The lowest BCUT2D eigenvalue weighted by molar-refractivity contribution is -0.386. The molecule has 0 radical (unpaired) electrons. The molecule has 3 amide bonds. The summed E-state index contributed by atoms with van der Waals surface area (Å²) in [4.78, 5) is 70.2. The molecule has 22 heteroatoms. The first kappa shape index (κ1) is 49.3. The molecule has 8 rings (SSSR count). The Morgan fingerprint density at radius 1 is 0.771 bits per heavy atom. The summed E-state index contributed by atoms with van der Waals surface area (Å²) in [6.07, 6.45) is -1.73. The maximum atomic E-state index is 14.1. The van der Waals surface area contributed by atoms with Crippen molar-refractivity contribution in [2.45, 2.75) is 108 Å². The predicted molar refractivity (Wildman–Crippen MR) is 246 cm³/mol. The Hall–Kier alpha value is -7.14. The van der Waals surface area contributed by atoms with Crippen LogP contribution in [0.5, 0.6) is 28.7 Å². The van der Waals surface area contributed by atoms with Gasteiger partial charge in [-0.05, 0) is 69.7 Å². The Balaban J connectivity index is 0.933. The first-order valence-electron chi connectivity index (χ1n) is 22.7. The molecular formula is C48H55N5O17. The zero-order chi connectivity index (χ0) is 50.1. The van der Waals surface area contributed by atoms with E-state index in [9.17, 15) is 49.7 Å². The Morgan fingerprint density at radius 3 is 1.91 bits per heavy atom. The standard InChI is InChI=1S/C48H55N5O17/c1-25-13-34-45(57)49(3)31-20-39(37(64-4)18-29(31)43(55)50(34)22-25)66-11-7-6-8-12-67-40-21-32-30(19-38(40)65-5)44(56)51-23-26(2)14-35(51)46(58)52(32)48(61)68-24-27-9-10-36(33(15-27)53(62)63)69-42-17-28(54)16-41(70-42)47(59)60/h9-10,15,18-23,28,34-35,41-42,45-46,54,57-58H,6-8,11-14,16-17,24H2,1-5H3,(H,59,60)/t28-,34-,35-,41-,42+,45-,46-/m0/s1. The number of carboxylic acid groups (broad SMARTS) is 1. The van der Waals surface area contributed by atoms with E-state index in [4.69, 9.17) is 33.2 Å². The van der Waals surface area contributed by atoms with Gasteiger partial charge in [0.05, 0.1) is 73.0 Å². The van der Waals surface area contributed by atoms with Gasteiger partial charge in [-0.15, -0.1) is 0 Å². The number of likely N-dealkylation sites (N-methyl/N-ethyl adjacent to an activating group) is 1. The van der Waals surface area contributed by atoms with Crippen LogP contribution in [-0.2, 0) is 20.9 Å². The maximum Gasteiger partial charge on any atom is 0.416 e.